The minimum Gasteiger partial charge on any atom is -0.379 e. The Bertz CT molecular complexity index is 575. The number of anilines is 1. The van der Waals surface area contributed by atoms with Gasteiger partial charge in [0, 0.05) is 52.5 Å². The predicted octanol–water partition coefficient (Wildman–Crippen LogP) is 1.01. The largest absolute Gasteiger partial charge is 0.419 e. The van der Waals surface area contributed by atoms with E-state index in [9.17, 15) is 13.2 Å². The van der Waals surface area contributed by atoms with Gasteiger partial charge in [-0.3, -0.25) is 9.89 Å². The van der Waals surface area contributed by atoms with Gasteiger partial charge in [0.15, 0.2) is 5.96 Å². The van der Waals surface area contributed by atoms with E-state index in [1.165, 1.54) is 12.3 Å². The molecule has 10 heteroatoms. The summed E-state index contributed by atoms with van der Waals surface area (Å²) in [5.74, 6) is 0.439. The number of nitrogens with zero attached hydrogens (tertiary/aromatic N) is 3. The number of halogens is 3. The number of alkyl halides is 3. The Balaban J connectivity index is 1.68. The lowest BCUT2D eigenvalue weighted by Crippen LogP contribution is -2.45. The van der Waals surface area contributed by atoms with Crippen LogP contribution in [0.1, 0.15) is 5.56 Å². The second-order valence-electron chi connectivity index (χ2n) is 5.70. The van der Waals surface area contributed by atoms with E-state index in [-0.39, 0.29) is 12.4 Å². The van der Waals surface area contributed by atoms with Crippen molar-refractivity contribution in [1.29, 1.82) is 0 Å². The molecule has 1 aliphatic rings. The summed E-state index contributed by atoms with van der Waals surface area (Å²) in [6.07, 6.45) is -3.10. The van der Waals surface area contributed by atoms with Crippen molar-refractivity contribution in [2.75, 3.05) is 64.8 Å². The molecule has 7 nitrogen and oxygen atoms in total. The molecule has 0 radical (unpaired) electrons. The van der Waals surface area contributed by atoms with Crippen LogP contribution in [0.5, 0.6) is 0 Å². The van der Waals surface area contributed by atoms with Gasteiger partial charge in [-0.05, 0) is 12.1 Å². The molecule has 146 valence electrons. The second kappa shape index (κ2) is 10.2. The lowest BCUT2D eigenvalue weighted by Gasteiger charge is -2.26. The standard InChI is InChI=1S/C16H25F3N6O/c1-20-15(24-7-8-25-9-11-26-12-10-25)23-6-5-22-14-13(16(17,18)19)3-2-4-21-14/h2-4H,5-12H2,1H3,(H,21,22)(H2,20,23,24). The third-order valence-electron chi connectivity index (χ3n) is 3.87. The number of ether oxygens (including phenoxy) is 1. The molecule has 3 N–H and O–H groups in total. The van der Waals surface area contributed by atoms with Gasteiger partial charge < -0.3 is 20.7 Å². The third kappa shape index (κ3) is 6.68. The molecule has 26 heavy (non-hydrogen) atoms. The molecule has 0 atom stereocenters. The van der Waals surface area contributed by atoms with Crippen LogP contribution in [0.3, 0.4) is 0 Å². The van der Waals surface area contributed by atoms with Crippen LogP contribution in [-0.2, 0) is 10.9 Å². The Hall–Kier alpha value is -2.07. The highest BCUT2D eigenvalue weighted by atomic mass is 19.4. The summed E-state index contributed by atoms with van der Waals surface area (Å²) >= 11 is 0. The first-order valence-corrected chi connectivity index (χ1v) is 8.51. The van der Waals surface area contributed by atoms with E-state index in [1.54, 1.807) is 7.05 Å². The van der Waals surface area contributed by atoms with E-state index in [2.05, 4.69) is 30.8 Å². The summed E-state index contributed by atoms with van der Waals surface area (Å²) in [5, 5.41) is 8.95. The normalized spacial score (nSPS) is 16.4. The molecule has 1 aliphatic heterocycles. The highest BCUT2D eigenvalue weighted by Gasteiger charge is 2.33. The lowest BCUT2D eigenvalue weighted by atomic mass is 10.2. The molecule has 2 heterocycles. The molecular formula is C16H25F3N6O. The maximum absolute atomic E-state index is 12.9. The minimum absolute atomic E-state index is 0.169. The van der Waals surface area contributed by atoms with Gasteiger partial charge in [0.25, 0.3) is 0 Å². The van der Waals surface area contributed by atoms with Crippen LogP contribution in [0.15, 0.2) is 23.3 Å². The highest BCUT2D eigenvalue weighted by molar-refractivity contribution is 5.79. The van der Waals surface area contributed by atoms with Crippen LogP contribution in [-0.4, -0.2) is 75.4 Å². The SMILES string of the molecule is CN=C(NCCNc1ncccc1C(F)(F)F)NCCN1CCOCC1. The van der Waals surface area contributed by atoms with Crippen molar-refractivity contribution in [1.82, 2.24) is 20.5 Å². The van der Waals surface area contributed by atoms with E-state index in [0.29, 0.717) is 12.5 Å². The average Bonchev–Trinajstić information content (AvgIpc) is 2.64. The Morgan fingerprint density at radius 1 is 1.23 bits per heavy atom. The zero-order valence-corrected chi connectivity index (χ0v) is 14.8. The fraction of sp³-hybridized carbons (Fsp3) is 0.625. The van der Waals surface area contributed by atoms with E-state index >= 15 is 0 Å². The van der Waals surface area contributed by atoms with Crippen molar-refractivity contribution in [2.45, 2.75) is 6.18 Å². The number of pyridine rings is 1. The molecule has 0 aliphatic carbocycles. The first-order valence-electron chi connectivity index (χ1n) is 8.51. The predicted molar refractivity (Wildman–Crippen MR) is 94.4 cm³/mol. The topological polar surface area (TPSA) is 73.8 Å². The number of aromatic nitrogens is 1. The van der Waals surface area contributed by atoms with Gasteiger partial charge >= 0.3 is 6.18 Å². The Kier molecular flexibility index (Phi) is 7.92. The van der Waals surface area contributed by atoms with Crippen LogP contribution in [0, 0.1) is 0 Å². The fourth-order valence-electron chi connectivity index (χ4n) is 2.51. The number of morpholine rings is 1. The molecule has 0 unspecified atom stereocenters. The molecule has 1 aromatic rings. The van der Waals surface area contributed by atoms with E-state index in [0.717, 1.165) is 45.5 Å². The Morgan fingerprint density at radius 2 is 1.96 bits per heavy atom. The Morgan fingerprint density at radius 3 is 2.65 bits per heavy atom. The third-order valence-corrected chi connectivity index (χ3v) is 3.87. The number of aliphatic imine (C=N–C) groups is 1. The Labute approximate surface area is 151 Å². The number of hydrogen-bond donors (Lipinski definition) is 3. The van der Waals surface area contributed by atoms with E-state index < -0.39 is 11.7 Å². The summed E-state index contributed by atoms with van der Waals surface area (Å²) in [6, 6.07) is 2.28. The van der Waals surface area contributed by atoms with Crippen molar-refractivity contribution >= 4 is 11.8 Å². The van der Waals surface area contributed by atoms with Crippen molar-refractivity contribution < 1.29 is 17.9 Å². The quantitative estimate of drug-likeness (QED) is 0.376. The van der Waals surface area contributed by atoms with Crippen molar-refractivity contribution in [3.05, 3.63) is 23.9 Å². The van der Waals surface area contributed by atoms with Crippen LogP contribution < -0.4 is 16.0 Å². The summed E-state index contributed by atoms with van der Waals surface area (Å²) in [5.41, 5.74) is -0.770. The zero-order chi connectivity index (χ0) is 18.8. The first kappa shape index (κ1) is 20.2. The summed E-state index contributed by atoms with van der Waals surface area (Å²) in [6.45, 7) is 5.65. The van der Waals surface area contributed by atoms with E-state index in [4.69, 9.17) is 4.74 Å². The lowest BCUT2D eigenvalue weighted by molar-refractivity contribution is -0.137. The highest BCUT2D eigenvalue weighted by Crippen LogP contribution is 2.33. The van der Waals surface area contributed by atoms with Gasteiger partial charge in [-0.1, -0.05) is 0 Å². The van der Waals surface area contributed by atoms with Crippen molar-refractivity contribution in [3.63, 3.8) is 0 Å². The fourth-order valence-corrected chi connectivity index (χ4v) is 2.51. The molecule has 0 amide bonds. The van der Waals surface area contributed by atoms with Crippen molar-refractivity contribution in [3.8, 4) is 0 Å². The number of rotatable bonds is 7. The maximum atomic E-state index is 12.9. The van der Waals surface area contributed by atoms with Crippen LogP contribution in [0.2, 0.25) is 0 Å². The monoisotopic (exact) mass is 374 g/mol. The van der Waals surface area contributed by atoms with Crippen LogP contribution in [0.4, 0.5) is 19.0 Å². The van der Waals surface area contributed by atoms with Gasteiger partial charge in [0.05, 0.1) is 18.8 Å². The van der Waals surface area contributed by atoms with Gasteiger partial charge in [-0.25, -0.2) is 4.98 Å². The molecule has 0 bridgehead atoms. The summed E-state index contributed by atoms with van der Waals surface area (Å²) in [4.78, 5) is 10.2. The van der Waals surface area contributed by atoms with Gasteiger partial charge in [0.1, 0.15) is 5.82 Å². The first-order chi connectivity index (χ1) is 12.5. The summed E-state index contributed by atoms with van der Waals surface area (Å²) in [7, 11) is 1.65. The van der Waals surface area contributed by atoms with Crippen LogP contribution in [0.25, 0.3) is 0 Å². The van der Waals surface area contributed by atoms with Crippen LogP contribution >= 0.6 is 0 Å². The zero-order valence-electron chi connectivity index (χ0n) is 14.8. The minimum atomic E-state index is -4.43. The molecular weight excluding hydrogens is 349 g/mol. The smallest absolute Gasteiger partial charge is 0.379 e. The molecule has 1 fully saturated rings. The van der Waals surface area contributed by atoms with Gasteiger partial charge in [-0.2, -0.15) is 13.2 Å². The van der Waals surface area contributed by atoms with Gasteiger partial charge in [0.2, 0.25) is 0 Å². The van der Waals surface area contributed by atoms with E-state index in [1.807, 2.05) is 0 Å². The average molecular weight is 374 g/mol. The maximum Gasteiger partial charge on any atom is 0.419 e. The number of guanidine groups is 1. The van der Waals surface area contributed by atoms with Crippen molar-refractivity contribution in [2.24, 2.45) is 4.99 Å². The number of hydrogen-bond acceptors (Lipinski definition) is 5. The van der Waals surface area contributed by atoms with Gasteiger partial charge in [-0.15, -0.1) is 0 Å². The molecule has 0 aromatic carbocycles. The second-order valence-corrected chi connectivity index (χ2v) is 5.70. The molecule has 1 aromatic heterocycles. The molecule has 0 saturated carbocycles. The summed E-state index contributed by atoms with van der Waals surface area (Å²) < 4.78 is 44.0. The molecule has 1 saturated heterocycles. The number of nitrogens with one attached hydrogen (secondary N) is 3. The molecule has 0 spiro atoms. The molecule has 2 rings (SSSR count).